The highest BCUT2D eigenvalue weighted by Crippen LogP contribution is 2.53. The third-order valence-electron chi connectivity index (χ3n) is 12.9. The smallest absolute Gasteiger partial charge is 0.0817 e. The summed E-state index contributed by atoms with van der Waals surface area (Å²) in [4.78, 5) is 0. The SMILES string of the molecule is CC1(C)c2cc3ccccc3cc2-c2c(-c3ccc(/C=C/C(NC(N)c4ccccc4)c4cc5c6ccccc6c6ccccc6c5c5ccccc45)cc3)cccc21. The molecule has 1 aliphatic rings. The number of nitrogens with one attached hydrogen (secondary N) is 1. The quantitative estimate of drug-likeness (QED) is 0.126. The van der Waals surface area contributed by atoms with E-state index in [2.05, 4.69) is 213 Å². The molecule has 0 saturated carbocycles. The topological polar surface area (TPSA) is 38.0 Å². The molecule has 2 unspecified atom stereocenters. The molecule has 0 amide bonds. The van der Waals surface area contributed by atoms with E-state index in [0.717, 1.165) is 11.1 Å². The van der Waals surface area contributed by atoms with E-state index in [1.165, 1.54) is 92.8 Å². The summed E-state index contributed by atoms with van der Waals surface area (Å²) in [6, 6.07) is 68.5. The molecule has 2 heteroatoms. The number of hydrogen-bond donors (Lipinski definition) is 2. The Morgan fingerprint density at radius 3 is 1.78 bits per heavy atom. The molecular weight excluding hydrogens is 713 g/mol. The van der Waals surface area contributed by atoms with Crippen LogP contribution in [0.5, 0.6) is 0 Å². The molecule has 0 heterocycles. The molecule has 11 rings (SSSR count). The van der Waals surface area contributed by atoms with E-state index < -0.39 is 0 Å². The molecule has 0 saturated heterocycles. The van der Waals surface area contributed by atoms with Crippen molar-refractivity contribution < 1.29 is 0 Å². The van der Waals surface area contributed by atoms with Crippen molar-refractivity contribution in [2.75, 3.05) is 0 Å². The molecule has 1 aliphatic carbocycles. The molecule has 0 aliphatic heterocycles. The lowest BCUT2D eigenvalue weighted by atomic mass is 9.81. The zero-order chi connectivity index (χ0) is 39.7. The van der Waals surface area contributed by atoms with Crippen LogP contribution in [0.1, 0.15) is 53.9 Å². The van der Waals surface area contributed by atoms with Gasteiger partial charge in [-0.3, -0.25) is 5.32 Å². The van der Waals surface area contributed by atoms with Crippen LogP contribution in [-0.2, 0) is 5.41 Å². The molecule has 0 aromatic heterocycles. The van der Waals surface area contributed by atoms with Gasteiger partial charge in [0.1, 0.15) is 0 Å². The van der Waals surface area contributed by atoms with Crippen molar-refractivity contribution in [2.45, 2.75) is 31.5 Å². The summed E-state index contributed by atoms with van der Waals surface area (Å²) in [5.74, 6) is 0. The Balaban J connectivity index is 1.03. The number of benzene rings is 10. The van der Waals surface area contributed by atoms with Crippen LogP contribution in [0.3, 0.4) is 0 Å². The van der Waals surface area contributed by atoms with Crippen LogP contribution in [0.25, 0.3) is 82.2 Å². The molecule has 2 atom stereocenters. The van der Waals surface area contributed by atoms with E-state index in [4.69, 9.17) is 5.73 Å². The molecule has 0 radical (unpaired) electrons. The first-order valence-corrected chi connectivity index (χ1v) is 20.7. The average molecular weight is 757 g/mol. The van der Waals surface area contributed by atoms with Gasteiger partial charge in [-0.05, 0) is 122 Å². The van der Waals surface area contributed by atoms with Gasteiger partial charge in [-0.25, -0.2) is 0 Å². The van der Waals surface area contributed by atoms with Crippen molar-refractivity contribution in [3.05, 3.63) is 222 Å². The average Bonchev–Trinajstić information content (AvgIpc) is 3.51. The Morgan fingerprint density at radius 1 is 0.492 bits per heavy atom. The Hall–Kier alpha value is -6.84. The number of nitrogens with two attached hydrogens (primary N) is 1. The van der Waals surface area contributed by atoms with E-state index in [0.29, 0.717) is 0 Å². The lowest BCUT2D eigenvalue weighted by molar-refractivity contribution is 0.511. The Bertz CT molecular complexity index is 3280. The lowest BCUT2D eigenvalue weighted by Gasteiger charge is -2.24. The Labute approximate surface area is 345 Å². The minimum Gasteiger partial charge on any atom is -0.312 e. The maximum absolute atomic E-state index is 6.99. The normalized spacial score (nSPS) is 14.4. The largest absolute Gasteiger partial charge is 0.312 e. The fraction of sp³-hybridized carbons (Fsp3) is 0.0877. The van der Waals surface area contributed by atoms with Crippen LogP contribution >= 0.6 is 0 Å². The number of hydrogen-bond acceptors (Lipinski definition) is 2. The molecule has 59 heavy (non-hydrogen) atoms. The lowest BCUT2D eigenvalue weighted by Crippen LogP contribution is -2.31. The van der Waals surface area contributed by atoms with Gasteiger partial charge in [0.05, 0.1) is 12.2 Å². The van der Waals surface area contributed by atoms with Crippen molar-refractivity contribution in [2.24, 2.45) is 5.73 Å². The summed E-state index contributed by atoms with van der Waals surface area (Å²) in [7, 11) is 0. The fourth-order valence-electron chi connectivity index (χ4n) is 9.95. The first-order chi connectivity index (χ1) is 28.9. The van der Waals surface area contributed by atoms with Crippen molar-refractivity contribution in [3.63, 3.8) is 0 Å². The second-order valence-corrected chi connectivity index (χ2v) is 16.6. The number of rotatable bonds is 7. The van der Waals surface area contributed by atoms with Crippen LogP contribution < -0.4 is 11.1 Å². The highest BCUT2D eigenvalue weighted by molar-refractivity contribution is 6.31. The zero-order valence-electron chi connectivity index (χ0n) is 33.3. The van der Waals surface area contributed by atoms with Crippen LogP contribution in [0.4, 0.5) is 0 Å². The maximum Gasteiger partial charge on any atom is 0.0817 e. The molecule has 282 valence electrons. The van der Waals surface area contributed by atoms with Crippen LogP contribution in [0.15, 0.2) is 194 Å². The van der Waals surface area contributed by atoms with Crippen molar-refractivity contribution in [3.8, 4) is 22.3 Å². The van der Waals surface area contributed by atoms with E-state index in [-0.39, 0.29) is 17.6 Å². The van der Waals surface area contributed by atoms with Gasteiger partial charge in [-0.1, -0.05) is 196 Å². The third kappa shape index (κ3) is 5.79. The fourth-order valence-corrected chi connectivity index (χ4v) is 9.95. The van der Waals surface area contributed by atoms with E-state index >= 15 is 0 Å². The third-order valence-corrected chi connectivity index (χ3v) is 12.9. The Morgan fingerprint density at radius 2 is 1.07 bits per heavy atom. The standard InChI is InChI=1S/C57H44N2/c1-57(2)51-26-14-25-41(55(51)50-33-39-17-6-7-18-40(39)34-52(50)57)37-30-27-36(28-31-37)29-32-53(59-56(58)38-15-4-3-5-16-38)48-35-49-44-21-9-8-19-42(44)43-20-10-12-23-46(43)54(49)47-24-13-11-22-45(47)48/h3-35,53,56,59H,58H2,1-2H3/b32-29+. The van der Waals surface area contributed by atoms with Gasteiger partial charge in [-0.15, -0.1) is 0 Å². The second-order valence-electron chi connectivity index (χ2n) is 16.6. The molecule has 2 nitrogen and oxygen atoms in total. The molecule has 10 aromatic rings. The van der Waals surface area contributed by atoms with Gasteiger partial charge in [0.25, 0.3) is 0 Å². The van der Waals surface area contributed by atoms with Crippen molar-refractivity contribution >= 4 is 59.9 Å². The molecule has 0 spiro atoms. The van der Waals surface area contributed by atoms with Crippen LogP contribution in [0.2, 0.25) is 0 Å². The van der Waals surface area contributed by atoms with Gasteiger partial charge in [0.2, 0.25) is 0 Å². The molecular formula is C57H44N2. The van der Waals surface area contributed by atoms with E-state index in [9.17, 15) is 0 Å². The first kappa shape index (κ1) is 35.3. The summed E-state index contributed by atoms with van der Waals surface area (Å²) >= 11 is 0. The van der Waals surface area contributed by atoms with E-state index in [1.807, 2.05) is 6.07 Å². The van der Waals surface area contributed by atoms with Gasteiger partial charge < -0.3 is 5.73 Å². The maximum atomic E-state index is 6.99. The van der Waals surface area contributed by atoms with Gasteiger partial charge in [-0.2, -0.15) is 0 Å². The zero-order valence-corrected chi connectivity index (χ0v) is 33.3. The van der Waals surface area contributed by atoms with Gasteiger partial charge in [0.15, 0.2) is 0 Å². The van der Waals surface area contributed by atoms with Gasteiger partial charge in [0, 0.05) is 5.41 Å². The monoisotopic (exact) mass is 756 g/mol. The van der Waals surface area contributed by atoms with Gasteiger partial charge >= 0.3 is 0 Å². The Kier molecular flexibility index (Phi) is 8.34. The molecule has 10 aromatic carbocycles. The highest BCUT2D eigenvalue weighted by Gasteiger charge is 2.37. The van der Waals surface area contributed by atoms with Crippen molar-refractivity contribution in [1.29, 1.82) is 0 Å². The highest BCUT2D eigenvalue weighted by atomic mass is 15.0. The molecule has 0 fully saturated rings. The second kappa shape index (κ2) is 13.9. The minimum atomic E-state index is -0.375. The molecule has 3 N–H and O–H groups in total. The minimum absolute atomic E-state index is 0.0810. The van der Waals surface area contributed by atoms with E-state index in [1.54, 1.807) is 0 Å². The van der Waals surface area contributed by atoms with Crippen LogP contribution in [0, 0.1) is 0 Å². The summed E-state index contributed by atoms with van der Waals surface area (Å²) in [5, 5.41) is 16.5. The summed E-state index contributed by atoms with van der Waals surface area (Å²) < 4.78 is 0. The van der Waals surface area contributed by atoms with Crippen molar-refractivity contribution in [1.82, 2.24) is 5.32 Å². The first-order valence-electron chi connectivity index (χ1n) is 20.7. The molecule has 0 bridgehead atoms. The summed E-state index contributed by atoms with van der Waals surface area (Å²) in [6.45, 7) is 4.73. The number of fused-ring (bicyclic) bond motifs is 12. The summed E-state index contributed by atoms with van der Waals surface area (Å²) in [5.41, 5.74) is 18.3. The summed E-state index contributed by atoms with van der Waals surface area (Å²) in [6.07, 6.45) is 4.16. The van der Waals surface area contributed by atoms with Crippen LogP contribution in [-0.4, -0.2) is 0 Å². The predicted molar refractivity (Wildman–Crippen MR) is 252 cm³/mol. The predicted octanol–water partition coefficient (Wildman–Crippen LogP) is 14.4.